The van der Waals surface area contributed by atoms with Gasteiger partial charge in [-0.2, -0.15) is 8.78 Å². The molecule has 1 N–H and O–H groups in total. The molecule has 0 aliphatic carbocycles. The Morgan fingerprint density at radius 3 is 2.29 bits per heavy atom. The summed E-state index contributed by atoms with van der Waals surface area (Å²) in [5.74, 6) is -2.77. The molecule has 1 nitrogen and oxygen atoms in total. The first-order chi connectivity index (χ1) is 10.0. The van der Waals surface area contributed by atoms with Crippen LogP contribution in [0.3, 0.4) is 0 Å². The highest BCUT2D eigenvalue weighted by atomic mass is 32.2. The van der Waals surface area contributed by atoms with Gasteiger partial charge in [0.25, 0.3) is 5.76 Å². The lowest BCUT2D eigenvalue weighted by molar-refractivity contribution is 0.252. The molecule has 1 unspecified atom stereocenters. The van der Waals surface area contributed by atoms with Crippen LogP contribution in [-0.2, 0) is 0 Å². The van der Waals surface area contributed by atoms with Crippen LogP contribution in [0.4, 0.5) is 13.2 Å². The lowest BCUT2D eigenvalue weighted by Crippen LogP contribution is -2.12. The van der Waals surface area contributed by atoms with E-state index in [4.69, 9.17) is 0 Å². The van der Waals surface area contributed by atoms with Crippen LogP contribution in [0.1, 0.15) is 18.5 Å². The molecule has 0 fully saturated rings. The van der Waals surface area contributed by atoms with Crippen LogP contribution in [-0.4, -0.2) is 12.8 Å². The molecule has 5 heteroatoms. The van der Waals surface area contributed by atoms with Crippen molar-refractivity contribution < 1.29 is 13.2 Å². The standard InChI is InChI=1S/C16H16F3NS/c1-10(20-2)12-5-8-15(17)14(9-12)11-3-6-13(7-4-11)21-16(18)19/h3-10,16,20H,1-2H3. The number of hydrogen-bond acceptors (Lipinski definition) is 2. The fraction of sp³-hybridized carbons (Fsp3) is 0.250. The van der Waals surface area contributed by atoms with Gasteiger partial charge in [0.15, 0.2) is 0 Å². The van der Waals surface area contributed by atoms with Crippen LogP contribution < -0.4 is 5.32 Å². The molecule has 0 amide bonds. The molecule has 1 atom stereocenters. The summed E-state index contributed by atoms with van der Waals surface area (Å²) in [6, 6.07) is 11.6. The predicted octanol–water partition coefficient (Wildman–Crippen LogP) is 5.09. The van der Waals surface area contributed by atoms with E-state index in [2.05, 4.69) is 5.32 Å². The van der Waals surface area contributed by atoms with Gasteiger partial charge >= 0.3 is 0 Å². The van der Waals surface area contributed by atoms with E-state index in [0.717, 1.165) is 5.56 Å². The zero-order valence-corrected chi connectivity index (χ0v) is 12.6. The van der Waals surface area contributed by atoms with Crippen molar-refractivity contribution in [2.24, 2.45) is 0 Å². The highest BCUT2D eigenvalue weighted by Gasteiger charge is 2.10. The molecular weight excluding hydrogens is 295 g/mol. The van der Waals surface area contributed by atoms with Gasteiger partial charge in [0, 0.05) is 16.5 Å². The number of halogens is 3. The maximum atomic E-state index is 14.0. The molecule has 112 valence electrons. The van der Waals surface area contributed by atoms with Gasteiger partial charge < -0.3 is 5.32 Å². The minimum Gasteiger partial charge on any atom is -0.313 e. The summed E-state index contributed by atoms with van der Waals surface area (Å²) < 4.78 is 38.6. The summed E-state index contributed by atoms with van der Waals surface area (Å²) in [6.45, 7) is 1.99. The van der Waals surface area contributed by atoms with E-state index in [9.17, 15) is 13.2 Å². The van der Waals surface area contributed by atoms with Gasteiger partial charge in [0.05, 0.1) is 0 Å². The maximum absolute atomic E-state index is 14.0. The lowest BCUT2D eigenvalue weighted by atomic mass is 9.99. The number of nitrogens with one attached hydrogen (secondary N) is 1. The minimum atomic E-state index is -2.45. The average Bonchev–Trinajstić information content (AvgIpc) is 2.47. The monoisotopic (exact) mass is 311 g/mol. The predicted molar refractivity (Wildman–Crippen MR) is 81.2 cm³/mol. The Kier molecular flexibility index (Phi) is 5.31. The first-order valence-electron chi connectivity index (χ1n) is 6.53. The average molecular weight is 311 g/mol. The molecule has 21 heavy (non-hydrogen) atoms. The highest BCUT2D eigenvalue weighted by molar-refractivity contribution is 7.99. The van der Waals surface area contributed by atoms with Gasteiger partial charge in [-0.3, -0.25) is 0 Å². The summed E-state index contributed by atoms with van der Waals surface area (Å²) in [5, 5.41) is 3.10. The zero-order valence-electron chi connectivity index (χ0n) is 11.7. The van der Waals surface area contributed by atoms with E-state index in [1.165, 1.54) is 6.07 Å². The minimum absolute atomic E-state index is 0.109. The van der Waals surface area contributed by atoms with Crippen LogP contribution in [0.25, 0.3) is 11.1 Å². The Labute approximate surface area is 126 Å². The molecule has 0 radical (unpaired) electrons. The van der Waals surface area contributed by atoms with Crippen molar-refractivity contribution in [3.05, 3.63) is 53.8 Å². The van der Waals surface area contributed by atoms with Crippen LogP contribution in [0.15, 0.2) is 47.4 Å². The normalized spacial score (nSPS) is 12.7. The largest absolute Gasteiger partial charge is 0.313 e. The Morgan fingerprint density at radius 1 is 1.05 bits per heavy atom. The molecule has 2 aromatic rings. The van der Waals surface area contributed by atoms with E-state index >= 15 is 0 Å². The van der Waals surface area contributed by atoms with Crippen molar-refractivity contribution in [3.63, 3.8) is 0 Å². The van der Waals surface area contributed by atoms with Crippen molar-refractivity contribution in [1.29, 1.82) is 0 Å². The second-order valence-electron chi connectivity index (χ2n) is 4.65. The summed E-state index contributed by atoms with van der Waals surface area (Å²) in [5.41, 5.74) is 2.12. The SMILES string of the molecule is CNC(C)c1ccc(F)c(-c2ccc(SC(F)F)cc2)c1. The van der Waals surface area contributed by atoms with Gasteiger partial charge in [0.2, 0.25) is 0 Å². The zero-order chi connectivity index (χ0) is 15.4. The fourth-order valence-electron chi connectivity index (χ4n) is 2.02. The van der Waals surface area contributed by atoms with E-state index < -0.39 is 5.76 Å². The third kappa shape index (κ3) is 4.02. The Bertz CT molecular complexity index is 599. The Balaban J connectivity index is 2.32. The third-order valence-electron chi connectivity index (χ3n) is 3.31. The van der Waals surface area contributed by atoms with Crippen molar-refractivity contribution in [1.82, 2.24) is 5.32 Å². The molecule has 0 aromatic heterocycles. The van der Waals surface area contributed by atoms with Gasteiger partial charge in [-0.15, -0.1) is 0 Å². The van der Waals surface area contributed by atoms with E-state index in [1.807, 2.05) is 14.0 Å². The summed E-state index contributed by atoms with van der Waals surface area (Å²) in [7, 11) is 1.84. The fourth-order valence-corrected chi connectivity index (χ4v) is 2.52. The first-order valence-corrected chi connectivity index (χ1v) is 7.41. The summed E-state index contributed by atoms with van der Waals surface area (Å²) in [4.78, 5) is 0.467. The van der Waals surface area contributed by atoms with Crippen LogP contribution >= 0.6 is 11.8 Å². The van der Waals surface area contributed by atoms with Gasteiger partial charge in [-0.1, -0.05) is 30.0 Å². The topological polar surface area (TPSA) is 12.0 Å². The molecule has 2 rings (SSSR count). The molecule has 0 spiro atoms. The second kappa shape index (κ2) is 7.00. The molecule has 0 bridgehead atoms. The molecule has 2 aromatic carbocycles. The maximum Gasteiger partial charge on any atom is 0.288 e. The number of hydrogen-bond donors (Lipinski definition) is 1. The second-order valence-corrected chi connectivity index (χ2v) is 5.72. The first kappa shape index (κ1) is 15.9. The van der Waals surface area contributed by atoms with E-state index in [1.54, 1.807) is 36.4 Å². The molecule has 0 heterocycles. The number of rotatable bonds is 5. The van der Waals surface area contributed by atoms with Crippen molar-refractivity contribution in [2.45, 2.75) is 23.6 Å². The summed E-state index contributed by atoms with van der Waals surface area (Å²) >= 11 is 0.481. The number of benzene rings is 2. The number of alkyl halides is 2. The third-order valence-corrected chi connectivity index (χ3v) is 4.04. The van der Waals surface area contributed by atoms with Crippen molar-refractivity contribution >= 4 is 11.8 Å². The molecular formula is C16H16F3NS. The van der Waals surface area contributed by atoms with Crippen LogP contribution in [0.5, 0.6) is 0 Å². The van der Waals surface area contributed by atoms with Gasteiger partial charge in [-0.05, 0) is 49.4 Å². The molecule has 0 aliphatic rings. The smallest absolute Gasteiger partial charge is 0.288 e. The van der Waals surface area contributed by atoms with E-state index in [-0.39, 0.29) is 11.9 Å². The van der Waals surface area contributed by atoms with Crippen LogP contribution in [0, 0.1) is 5.82 Å². The van der Waals surface area contributed by atoms with Gasteiger partial charge in [0.1, 0.15) is 5.82 Å². The van der Waals surface area contributed by atoms with Crippen molar-refractivity contribution in [2.75, 3.05) is 7.05 Å². The van der Waals surface area contributed by atoms with Crippen LogP contribution in [0.2, 0.25) is 0 Å². The highest BCUT2D eigenvalue weighted by Crippen LogP contribution is 2.30. The van der Waals surface area contributed by atoms with Crippen molar-refractivity contribution in [3.8, 4) is 11.1 Å². The summed E-state index contributed by atoms with van der Waals surface area (Å²) in [6.07, 6.45) is 0. The van der Waals surface area contributed by atoms with Gasteiger partial charge in [-0.25, -0.2) is 4.39 Å². The Morgan fingerprint density at radius 2 is 1.71 bits per heavy atom. The van der Waals surface area contributed by atoms with E-state index in [0.29, 0.717) is 27.8 Å². The molecule has 0 aliphatic heterocycles. The number of thioether (sulfide) groups is 1. The molecule has 0 saturated heterocycles. The molecule has 0 saturated carbocycles. The lowest BCUT2D eigenvalue weighted by Gasteiger charge is -2.13. The quantitative estimate of drug-likeness (QED) is 0.772. The Hall–Kier alpha value is -1.46.